The number of hydrogen-bond acceptors (Lipinski definition) is 9. The average molecular weight is 640 g/mol. The van der Waals surface area contributed by atoms with Gasteiger partial charge in [0.05, 0.1) is 35.4 Å². The lowest BCUT2D eigenvalue weighted by Gasteiger charge is -2.35. The minimum atomic E-state index is -4.79. The van der Waals surface area contributed by atoms with Gasteiger partial charge in [-0.3, -0.25) is 9.10 Å². The Labute approximate surface area is 247 Å². The number of hydrogen-bond donors (Lipinski definition) is 0. The van der Waals surface area contributed by atoms with E-state index >= 15 is 0 Å². The number of carbonyl (C=O) groups excluding carboxylic acids is 1. The second-order valence-electron chi connectivity index (χ2n) is 9.40. The van der Waals surface area contributed by atoms with Gasteiger partial charge in [-0.05, 0) is 55.0 Å². The Kier molecular flexibility index (Phi) is 8.45. The van der Waals surface area contributed by atoms with Gasteiger partial charge < -0.3 is 18.7 Å². The van der Waals surface area contributed by atoms with Crippen molar-refractivity contribution in [2.45, 2.75) is 36.6 Å². The van der Waals surface area contributed by atoms with E-state index in [9.17, 15) is 35.2 Å². The molecule has 16 heteroatoms. The van der Waals surface area contributed by atoms with Crippen LogP contribution in [0.2, 0.25) is 0 Å². The van der Waals surface area contributed by atoms with Gasteiger partial charge in [-0.1, -0.05) is 23.4 Å². The van der Waals surface area contributed by atoms with Crippen LogP contribution in [0.3, 0.4) is 0 Å². The molecular weight excluding hydrogens is 617 g/mol. The van der Waals surface area contributed by atoms with Crippen molar-refractivity contribution in [3.05, 3.63) is 72.3 Å². The Morgan fingerprint density at radius 3 is 2.59 bits per heavy atom. The fraction of sp³-hybridized carbons (Fsp3) is 0.250. The van der Waals surface area contributed by atoms with Gasteiger partial charge in [0.15, 0.2) is 0 Å². The first kappa shape index (κ1) is 30.7. The number of nitrogens with zero attached hydrogens (tertiary/aromatic N) is 3. The number of alkyl halides is 5. The first-order valence-corrected chi connectivity index (χ1v) is 14.3. The van der Waals surface area contributed by atoms with Crippen LogP contribution in [0.5, 0.6) is 11.5 Å². The van der Waals surface area contributed by atoms with E-state index in [2.05, 4.69) is 19.6 Å². The number of esters is 1. The molecule has 2 heterocycles. The quantitative estimate of drug-likeness (QED) is 0.162. The van der Waals surface area contributed by atoms with Crippen molar-refractivity contribution in [2.75, 3.05) is 18.0 Å². The Hall–Kier alpha value is -4.73. The van der Waals surface area contributed by atoms with Crippen LogP contribution in [0, 0.1) is 0 Å². The first-order valence-electron chi connectivity index (χ1n) is 12.8. The van der Waals surface area contributed by atoms with Crippen LogP contribution in [0.1, 0.15) is 18.4 Å². The average Bonchev–Trinajstić information content (AvgIpc) is 3.49. The molecular formula is C28H22F5N3O7S. The highest BCUT2D eigenvalue weighted by Gasteiger charge is 2.37. The molecule has 10 nitrogen and oxygen atoms in total. The molecule has 0 spiro atoms. The molecule has 0 radical (unpaired) electrons. The number of anilines is 1. The highest BCUT2D eigenvalue weighted by molar-refractivity contribution is 7.92. The van der Waals surface area contributed by atoms with Gasteiger partial charge in [0.2, 0.25) is 5.82 Å². The molecule has 1 atom stereocenters. The zero-order chi connectivity index (χ0) is 31.6. The summed E-state index contributed by atoms with van der Waals surface area (Å²) in [6.45, 7) is -3.46. The molecule has 0 fully saturated rings. The lowest BCUT2D eigenvalue weighted by atomic mass is 10.1. The molecule has 232 valence electrons. The molecule has 0 saturated carbocycles. The summed E-state index contributed by atoms with van der Waals surface area (Å²) in [6, 6.07) is 13.3. The summed E-state index contributed by atoms with van der Waals surface area (Å²) in [7, 11) is -3.41. The standard InChI is InChI=1S/C28H22F5N3O7S/c1-40-24(37)12-10-18-15-36(44(38,39)19-6-4-5-17(14-19)28(31,32)33)21-13-16(9-11-23(21)41-18)25-34-26(43-35-25)20-7-2-3-8-22(20)42-27(29)30/h2-9,11,13-14,18,27H,10,12,15H2,1H3/t18-/m0/s1. The van der Waals surface area contributed by atoms with Crippen LogP contribution in [0.25, 0.3) is 22.8 Å². The number of benzene rings is 3. The minimum absolute atomic E-state index is 0.0398. The van der Waals surface area contributed by atoms with Crippen molar-refractivity contribution in [1.29, 1.82) is 0 Å². The second kappa shape index (κ2) is 12.1. The Balaban J connectivity index is 1.54. The minimum Gasteiger partial charge on any atom is -0.486 e. The van der Waals surface area contributed by atoms with Crippen molar-refractivity contribution in [3.63, 3.8) is 0 Å². The third-order valence-electron chi connectivity index (χ3n) is 6.56. The fourth-order valence-electron chi connectivity index (χ4n) is 4.46. The predicted molar refractivity (Wildman–Crippen MR) is 143 cm³/mol. The van der Waals surface area contributed by atoms with E-state index in [1.165, 1.54) is 43.5 Å². The molecule has 44 heavy (non-hydrogen) atoms. The van der Waals surface area contributed by atoms with Crippen LogP contribution in [-0.4, -0.2) is 50.9 Å². The lowest BCUT2D eigenvalue weighted by molar-refractivity contribution is -0.141. The smallest absolute Gasteiger partial charge is 0.416 e. The molecule has 1 aliphatic heterocycles. The van der Waals surface area contributed by atoms with Crippen LogP contribution in [-0.2, 0) is 25.7 Å². The Morgan fingerprint density at radius 1 is 1.09 bits per heavy atom. The van der Waals surface area contributed by atoms with E-state index in [4.69, 9.17) is 9.26 Å². The monoisotopic (exact) mass is 639 g/mol. The Bertz CT molecular complexity index is 1780. The number of carbonyl (C=O) groups is 1. The van der Waals surface area contributed by atoms with Gasteiger partial charge in [-0.15, -0.1) is 0 Å². The van der Waals surface area contributed by atoms with Crippen molar-refractivity contribution in [3.8, 4) is 34.3 Å². The van der Waals surface area contributed by atoms with E-state index in [0.717, 1.165) is 22.5 Å². The van der Waals surface area contributed by atoms with Crippen molar-refractivity contribution in [2.24, 2.45) is 0 Å². The molecule has 3 aromatic carbocycles. The highest BCUT2D eigenvalue weighted by Crippen LogP contribution is 2.41. The fourth-order valence-corrected chi connectivity index (χ4v) is 6.01. The van der Waals surface area contributed by atoms with Gasteiger partial charge in [0.1, 0.15) is 17.6 Å². The maximum absolute atomic E-state index is 13.8. The van der Waals surface area contributed by atoms with Gasteiger partial charge in [-0.2, -0.15) is 26.9 Å². The molecule has 4 aromatic rings. The number of sulfonamides is 1. The largest absolute Gasteiger partial charge is 0.486 e. The summed E-state index contributed by atoms with van der Waals surface area (Å²) in [4.78, 5) is 15.3. The zero-order valence-electron chi connectivity index (χ0n) is 22.6. The predicted octanol–water partition coefficient (Wildman–Crippen LogP) is 5.93. The third kappa shape index (κ3) is 6.44. The third-order valence-corrected chi connectivity index (χ3v) is 8.33. The molecule has 1 aliphatic rings. The number of methoxy groups -OCH3 is 1. The number of ether oxygens (including phenoxy) is 3. The zero-order valence-corrected chi connectivity index (χ0v) is 23.4. The lowest BCUT2D eigenvalue weighted by Crippen LogP contribution is -2.43. The number of aromatic nitrogens is 2. The summed E-state index contributed by atoms with van der Waals surface area (Å²) < 4.78 is 115. The molecule has 0 aliphatic carbocycles. The molecule has 0 N–H and O–H groups in total. The van der Waals surface area contributed by atoms with Crippen LogP contribution < -0.4 is 13.8 Å². The number of rotatable bonds is 9. The van der Waals surface area contributed by atoms with Gasteiger partial charge in [0, 0.05) is 12.0 Å². The van der Waals surface area contributed by atoms with E-state index in [0.29, 0.717) is 6.07 Å². The Morgan fingerprint density at radius 2 is 1.86 bits per heavy atom. The second-order valence-corrected chi connectivity index (χ2v) is 11.3. The first-order chi connectivity index (χ1) is 20.9. The summed E-state index contributed by atoms with van der Waals surface area (Å²) in [5, 5.41) is 3.87. The summed E-state index contributed by atoms with van der Waals surface area (Å²) in [6.07, 6.45) is -5.69. The topological polar surface area (TPSA) is 121 Å². The van der Waals surface area contributed by atoms with Crippen molar-refractivity contribution < 1.29 is 53.9 Å². The number of halogens is 5. The highest BCUT2D eigenvalue weighted by atomic mass is 32.2. The van der Waals surface area contributed by atoms with Crippen molar-refractivity contribution in [1.82, 2.24) is 10.1 Å². The summed E-state index contributed by atoms with van der Waals surface area (Å²) >= 11 is 0. The van der Waals surface area contributed by atoms with Gasteiger partial charge in [-0.25, -0.2) is 8.42 Å². The van der Waals surface area contributed by atoms with Gasteiger partial charge >= 0.3 is 18.8 Å². The number of fused-ring (bicyclic) bond motifs is 1. The van der Waals surface area contributed by atoms with Crippen LogP contribution >= 0.6 is 0 Å². The van der Waals surface area contributed by atoms with Crippen LogP contribution in [0.15, 0.2) is 76.1 Å². The molecule has 0 unspecified atom stereocenters. The molecule has 5 rings (SSSR count). The van der Waals surface area contributed by atoms with Gasteiger partial charge in [0.25, 0.3) is 15.9 Å². The molecule has 1 aromatic heterocycles. The molecule has 0 amide bonds. The maximum Gasteiger partial charge on any atom is 0.416 e. The summed E-state index contributed by atoms with van der Waals surface area (Å²) in [5.74, 6) is -0.936. The van der Waals surface area contributed by atoms with E-state index in [-0.39, 0.29) is 59.4 Å². The number of para-hydroxylation sites is 1. The normalized spacial score (nSPS) is 15.1. The van der Waals surface area contributed by atoms with E-state index in [1.54, 1.807) is 6.07 Å². The SMILES string of the molecule is COC(=O)CC[C@H]1CN(S(=O)(=O)c2cccc(C(F)(F)F)c2)c2cc(-c3noc(-c4ccccc4OC(F)F)n3)ccc2O1. The van der Waals surface area contributed by atoms with E-state index in [1.807, 2.05) is 0 Å². The summed E-state index contributed by atoms with van der Waals surface area (Å²) in [5.41, 5.74) is -0.901. The maximum atomic E-state index is 13.8. The van der Waals surface area contributed by atoms with Crippen molar-refractivity contribution >= 4 is 21.7 Å². The molecule has 0 saturated heterocycles. The van der Waals surface area contributed by atoms with E-state index < -0.39 is 45.3 Å². The van der Waals surface area contributed by atoms with Crippen LogP contribution in [0.4, 0.5) is 27.6 Å². The molecule has 0 bridgehead atoms.